The van der Waals surface area contributed by atoms with Crippen LogP contribution in [-0.2, 0) is 4.79 Å². The van der Waals surface area contributed by atoms with Crippen molar-refractivity contribution in [3.63, 3.8) is 0 Å². The van der Waals surface area contributed by atoms with Gasteiger partial charge in [0.1, 0.15) is 5.69 Å². The summed E-state index contributed by atoms with van der Waals surface area (Å²) in [6.07, 6.45) is 6.54. The fraction of sp³-hybridized carbons (Fsp3) is 0.174. The highest BCUT2D eigenvalue weighted by atomic mass is 16.2. The van der Waals surface area contributed by atoms with Crippen LogP contribution >= 0.6 is 0 Å². The smallest absolute Gasteiger partial charge is 0.253 e. The maximum atomic E-state index is 12.2. The minimum Gasteiger partial charge on any atom is -0.355 e. The molecule has 5 rings (SSSR count). The Morgan fingerprint density at radius 2 is 1.85 bits per heavy atom. The Morgan fingerprint density at radius 3 is 2.65 bits per heavy atom. The predicted molar refractivity (Wildman–Crippen MR) is 127 cm³/mol. The average Bonchev–Trinajstić information content (AvgIpc) is 3.47. The summed E-state index contributed by atoms with van der Waals surface area (Å²) in [6, 6.07) is 5.40. The number of anilines is 1. The van der Waals surface area contributed by atoms with Crippen LogP contribution in [0, 0.1) is 5.92 Å². The van der Waals surface area contributed by atoms with Crippen molar-refractivity contribution in [3.05, 3.63) is 48.5 Å². The number of H-pyrrole nitrogens is 2. The molecular weight excluding hydrogens is 434 g/mol. The molecule has 0 atom stereocenters. The first-order chi connectivity index (χ1) is 16.4. The third-order valence-electron chi connectivity index (χ3n) is 5.37. The largest absolute Gasteiger partial charge is 0.355 e. The van der Waals surface area contributed by atoms with E-state index in [0.717, 1.165) is 16.5 Å². The number of carbonyl (C=O) groups excluding carboxylic acids is 2. The van der Waals surface area contributed by atoms with Crippen LogP contribution in [0.1, 0.15) is 24.2 Å². The molecule has 170 valence electrons. The van der Waals surface area contributed by atoms with E-state index in [1.54, 1.807) is 37.9 Å². The van der Waals surface area contributed by atoms with Gasteiger partial charge < -0.3 is 15.6 Å². The van der Waals surface area contributed by atoms with Crippen molar-refractivity contribution in [3.8, 4) is 22.6 Å². The first-order valence-electron chi connectivity index (χ1n) is 10.6. The van der Waals surface area contributed by atoms with Gasteiger partial charge in [0.05, 0.1) is 28.4 Å². The summed E-state index contributed by atoms with van der Waals surface area (Å²) >= 11 is 0. The number of aromatic amines is 2. The van der Waals surface area contributed by atoms with Gasteiger partial charge in [-0.25, -0.2) is 15.0 Å². The summed E-state index contributed by atoms with van der Waals surface area (Å²) in [6.45, 7) is 3.66. The number of nitrogens with zero attached hydrogens (tertiary/aromatic N) is 5. The summed E-state index contributed by atoms with van der Waals surface area (Å²) in [4.78, 5) is 45.0. The highest BCUT2D eigenvalue weighted by molar-refractivity contribution is 6.05. The first-order valence-corrected chi connectivity index (χ1v) is 10.6. The maximum Gasteiger partial charge on any atom is 0.253 e. The first kappa shape index (κ1) is 21.2. The van der Waals surface area contributed by atoms with E-state index in [0.29, 0.717) is 39.6 Å². The normalized spacial score (nSPS) is 11.3. The zero-order valence-corrected chi connectivity index (χ0v) is 18.7. The molecule has 4 N–H and O–H groups in total. The summed E-state index contributed by atoms with van der Waals surface area (Å²) in [5.74, 6) is 0.0194. The molecule has 0 aliphatic heterocycles. The van der Waals surface area contributed by atoms with Gasteiger partial charge in [-0.1, -0.05) is 13.8 Å². The molecule has 5 heterocycles. The molecule has 2 amide bonds. The van der Waals surface area contributed by atoms with Crippen LogP contribution < -0.4 is 10.6 Å². The van der Waals surface area contributed by atoms with Gasteiger partial charge >= 0.3 is 0 Å². The third-order valence-corrected chi connectivity index (χ3v) is 5.37. The third kappa shape index (κ3) is 3.72. The number of hydrogen-bond acceptors (Lipinski definition) is 7. The van der Waals surface area contributed by atoms with E-state index in [-0.39, 0.29) is 17.7 Å². The Kier molecular flexibility index (Phi) is 5.21. The SMILES string of the molecule is CNC(=O)c1ccnc2nc(-c3[nH]nc4ncc(-c5cncc(NC(=O)C(C)C)c5)cc34)[nH]c12. The van der Waals surface area contributed by atoms with Crippen LogP contribution in [0.5, 0.6) is 0 Å². The number of amides is 2. The lowest BCUT2D eigenvalue weighted by atomic mass is 10.1. The van der Waals surface area contributed by atoms with Crippen molar-refractivity contribution in [1.29, 1.82) is 0 Å². The fourth-order valence-electron chi connectivity index (χ4n) is 3.54. The fourth-order valence-corrected chi connectivity index (χ4v) is 3.54. The summed E-state index contributed by atoms with van der Waals surface area (Å²) < 4.78 is 0. The number of rotatable bonds is 5. The van der Waals surface area contributed by atoms with Gasteiger partial charge in [-0.3, -0.25) is 19.7 Å². The average molecular weight is 455 g/mol. The Labute approximate surface area is 193 Å². The van der Waals surface area contributed by atoms with Crippen LogP contribution in [0.4, 0.5) is 5.69 Å². The van der Waals surface area contributed by atoms with Gasteiger partial charge in [0.15, 0.2) is 17.1 Å². The quantitative estimate of drug-likeness (QED) is 0.318. The molecule has 0 saturated carbocycles. The lowest BCUT2D eigenvalue weighted by Gasteiger charge is -2.09. The second kappa shape index (κ2) is 8.35. The lowest BCUT2D eigenvalue weighted by molar-refractivity contribution is -0.118. The molecule has 5 aromatic heterocycles. The van der Waals surface area contributed by atoms with Gasteiger partial charge in [-0.05, 0) is 18.2 Å². The maximum absolute atomic E-state index is 12.2. The van der Waals surface area contributed by atoms with Crippen molar-refractivity contribution < 1.29 is 9.59 Å². The number of nitrogens with one attached hydrogen (secondary N) is 4. The van der Waals surface area contributed by atoms with Crippen LogP contribution in [0.2, 0.25) is 0 Å². The molecule has 34 heavy (non-hydrogen) atoms. The van der Waals surface area contributed by atoms with E-state index in [9.17, 15) is 9.59 Å². The Bertz CT molecular complexity index is 1550. The van der Waals surface area contributed by atoms with Crippen LogP contribution in [0.3, 0.4) is 0 Å². The molecule has 0 unspecified atom stereocenters. The molecule has 0 saturated heterocycles. The van der Waals surface area contributed by atoms with Crippen molar-refractivity contribution in [2.75, 3.05) is 12.4 Å². The predicted octanol–water partition coefficient (Wildman–Crippen LogP) is 2.91. The van der Waals surface area contributed by atoms with E-state index >= 15 is 0 Å². The number of aromatic nitrogens is 7. The number of carbonyl (C=O) groups is 2. The van der Waals surface area contributed by atoms with E-state index < -0.39 is 0 Å². The lowest BCUT2D eigenvalue weighted by Crippen LogP contribution is -2.18. The van der Waals surface area contributed by atoms with Crippen molar-refractivity contribution >= 4 is 39.7 Å². The van der Waals surface area contributed by atoms with Crippen LogP contribution in [-0.4, -0.2) is 54.0 Å². The Morgan fingerprint density at radius 1 is 1.03 bits per heavy atom. The highest BCUT2D eigenvalue weighted by Gasteiger charge is 2.18. The molecule has 11 heteroatoms. The number of hydrogen-bond donors (Lipinski definition) is 4. The van der Waals surface area contributed by atoms with E-state index in [4.69, 9.17) is 0 Å². The van der Waals surface area contributed by atoms with Gasteiger partial charge in [-0.2, -0.15) is 5.10 Å². The summed E-state index contributed by atoms with van der Waals surface area (Å²) in [5.41, 5.74) is 4.70. The molecule has 0 aliphatic carbocycles. The second-order valence-electron chi connectivity index (χ2n) is 8.02. The van der Waals surface area contributed by atoms with Crippen molar-refractivity contribution in [1.82, 2.24) is 40.4 Å². The molecule has 0 bridgehead atoms. The minimum absolute atomic E-state index is 0.0840. The highest BCUT2D eigenvalue weighted by Crippen LogP contribution is 2.30. The zero-order valence-electron chi connectivity index (χ0n) is 18.7. The zero-order chi connectivity index (χ0) is 23.8. The summed E-state index contributed by atoms with van der Waals surface area (Å²) in [7, 11) is 1.57. The monoisotopic (exact) mass is 455 g/mol. The van der Waals surface area contributed by atoms with E-state index in [2.05, 4.69) is 45.8 Å². The molecule has 0 radical (unpaired) electrons. The topological polar surface area (TPSA) is 154 Å². The molecule has 0 aliphatic rings. The number of pyridine rings is 3. The molecule has 0 aromatic carbocycles. The van der Waals surface area contributed by atoms with Crippen LogP contribution in [0.25, 0.3) is 44.8 Å². The Balaban J connectivity index is 1.56. The molecular formula is C23H21N9O2. The van der Waals surface area contributed by atoms with Crippen molar-refractivity contribution in [2.45, 2.75) is 13.8 Å². The molecule has 11 nitrogen and oxygen atoms in total. The van der Waals surface area contributed by atoms with Gasteiger partial charge in [0.25, 0.3) is 5.91 Å². The summed E-state index contributed by atoms with van der Waals surface area (Å²) in [5, 5.41) is 13.5. The van der Waals surface area contributed by atoms with E-state index in [1.807, 2.05) is 26.0 Å². The van der Waals surface area contributed by atoms with Gasteiger partial charge in [0.2, 0.25) is 5.91 Å². The molecule has 0 spiro atoms. The number of fused-ring (bicyclic) bond motifs is 2. The molecule has 0 fully saturated rings. The number of imidazole rings is 1. The van der Waals surface area contributed by atoms with Crippen molar-refractivity contribution in [2.24, 2.45) is 5.92 Å². The molecule has 5 aromatic rings. The van der Waals surface area contributed by atoms with Crippen LogP contribution in [0.15, 0.2) is 43.0 Å². The standard InChI is InChI=1S/C23H21N9O2/c1-11(2)22(33)28-14-6-12(8-25-10-14)13-7-16-18(31-32-19(16)27-9-13)21-29-17-15(23(34)24-3)4-5-26-20(17)30-21/h4-11H,1-3H3,(H,24,34)(H,28,33)(H,26,29,30)(H,27,31,32). The van der Waals surface area contributed by atoms with E-state index in [1.165, 1.54) is 0 Å². The van der Waals surface area contributed by atoms with Gasteiger partial charge in [0, 0.05) is 42.7 Å². The van der Waals surface area contributed by atoms with Gasteiger partial charge in [-0.15, -0.1) is 0 Å². The second-order valence-corrected chi connectivity index (χ2v) is 8.02. The minimum atomic E-state index is -0.238. The Hall–Kier alpha value is -4.67.